The third-order valence-corrected chi connectivity index (χ3v) is 3.31. The van der Waals surface area contributed by atoms with E-state index in [1.165, 1.54) is 0 Å². The van der Waals surface area contributed by atoms with Gasteiger partial charge in [0.05, 0.1) is 12.0 Å². The molecule has 0 aliphatic heterocycles. The van der Waals surface area contributed by atoms with Gasteiger partial charge in [-0.15, -0.1) is 0 Å². The Bertz CT molecular complexity index is 408. The first-order chi connectivity index (χ1) is 9.87. The van der Waals surface area contributed by atoms with Crippen molar-refractivity contribution in [2.75, 3.05) is 6.54 Å². The third kappa shape index (κ3) is 6.64. The van der Waals surface area contributed by atoms with E-state index in [9.17, 15) is 14.7 Å². The quantitative estimate of drug-likeness (QED) is 0.780. The molecule has 0 radical (unpaired) electrons. The molecule has 6 heteroatoms. The fourth-order valence-corrected chi connectivity index (χ4v) is 2.43. The Balaban J connectivity index is 2.44. The van der Waals surface area contributed by atoms with Crippen molar-refractivity contribution in [3.05, 3.63) is 0 Å². The summed E-state index contributed by atoms with van der Waals surface area (Å²) in [6.07, 6.45) is -0.255. The van der Waals surface area contributed by atoms with Crippen molar-refractivity contribution < 1.29 is 24.2 Å². The molecule has 0 aromatic heterocycles. The maximum Gasteiger partial charge on any atom is 0.407 e. The number of carbonyl (C=O) groups is 2. The normalized spacial score (nSPS) is 25.7. The zero-order chi connectivity index (χ0) is 17.1. The fourth-order valence-electron chi connectivity index (χ4n) is 2.43. The standard InChI is InChI=1S/C16H29NO5/c1-15(2,3)21-13(19)10-7-11(12(18)8-10)9-17-14(20)22-16(4,5)6/h10-12,18H,7-9H2,1-6H3,(H,17,20)/t10-,11+,12+/m0/s1. The van der Waals surface area contributed by atoms with Crippen LogP contribution in [-0.4, -0.2) is 41.0 Å². The lowest BCUT2D eigenvalue weighted by Gasteiger charge is -2.22. The van der Waals surface area contributed by atoms with Gasteiger partial charge in [-0.05, 0) is 54.4 Å². The number of alkyl carbamates (subject to hydrolysis) is 1. The van der Waals surface area contributed by atoms with Crippen LogP contribution < -0.4 is 5.32 Å². The van der Waals surface area contributed by atoms with Crippen molar-refractivity contribution in [2.45, 2.75) is 71.7 Å². The van der Waals surface area contributed by atoms with Gasteiger partial charge < -0.3 is 19.9 Å². The number of aliphatic hydroxyl groups excluding tert-OH is 1. The van der Waals surface area contributed by atoms with E-state index in [4.69, 9.17) is 9.47 Å². The molecule has 0 aromatic rings. The van der Waals surface area contributed by atoms with Crippen LogP contribution in [0.4, 0.5) is 4.79 Å². The Morgan fingerprint density at radius 2 is 1.59 bits per heavy atom. The van der Waals surface area contributed by atoms with Gasteiger partial charge in [-0.25, -0.2) is 4.79 Å². The molecule has 0 saturated heterocycles. The number of esters is 1. The Labute approximate surface area is 132 Å². The van der Waals surface area contributed by atoms with Crippen LogP contribution >= 0.6 is 0 Å². The zero-order valence-corrected chi connectivity index (χ0v) is 14.4. The molecule has 1 amide bonds. The molecule has 3 atom stereocenters. The van der Waals surface area contributed by atoms with Crippen molar-refractivity contribution in [3.63, 3.8) is 0 Å². The summed E-state index contributed by atoms with van der Waals surface area (Å²) in [5.74, 6) is -0.768. The molecule has 2 N–H and O–H groups in total. The lowest BCUT2D eigenvalue weighted by molar-refractivity contribution is -0.160. The lowest BCUT2D eigenvalue weighted by atomic mass is 10.0. The average molecular weight is 315 g/mol. The molecular formula is C16H29NO5. The second-order valence-corrected chi connectivity index (χ2v) is 7.91. The molecule has 0 spiro atoms. The van der Waals surface area contributed by atoms with Gasteiger partial charge in [0.15, 0.2) is 0 Å². The summed E-state index contributed by atoms with van der Waals surface area (Å²) >= 11 is 0. The summed E-state index contributed by atoms with van der Waals surface area (Å²) in [7, 11) is 0. The molecule has 6 nitrogen and oxygen atoms in total. The van der Waals surface area contributed by atoms with Crippen LogP contribution in [0.15, 0.2) is 0 Å². The predicted octanol–water partition coefficient (Wildman–Crippen LogP) is 2.24. The highest BCUT2D eigenvalue weighted by molar-refractivity contribution is 5.73. The second-order valence-electron chi connectivity index (χ2n) is 7.91. The fraction of sp³-hybridized carbons (Fsp3) is 0.875. The van der Waals surface area contributed by atoms with E-state index in [0.29, 0.717) is 12.8 Å². The highest BCUT2D eigenvalue weighted by Gasteiger charge is 2.39. The van der Waals surface area contributed by atoms with Crippen molar-refractivity contribution in [1.82, 2.24) is 5.32 Å². The van der Waals surface area contributed by atoms with E-state index in [-0.39, 0.29) is 24.3 Å². The van der Waals surface area contributed by atoms with Gasteiger partial charge in [-0.3, -0.25) is 4.79 Å². The highest BCUT2D eigenvalue weighted by atomic mass is 16.6. The van der Waals surface area contributed by atoms with Crippen LogP contribution in [0.2, 0.25) is 0 Å². The number of nitrogens with one attached hydrogen (secondary N) is 1. The molecule has 0 aromatic carbocycles. The number of aliphatic hydroxyl groups is 1. The van der Waals surface area contributed by atoms with Gasteiger partial charge in [0.25, 0.3) is 0 Å². The molecule has 22 heavy (non-hydrogen) atoms. The minimum atomic E-state index is -0.618. The van der Waals surface area contributed by atoms with E-state index in [1.54, 1.807) is 20.8 Å². The van der Waals surface area contributed by atoms with Crippen LogP contribution in [0.5, 0.6) is 0 Å². The first-order valence-corrected chi connectivity index (χ1v) is 7.75. The summed E-state index contributed by atoms with van der Waals surface area (Å²) in [5.41, 5.74) is -1.09. The maximum atomic E-state index is 12.0. The van der Waals surface area contributed by atoms with Gasteiger partial charge in [0, 0.05) is 12.5 Å². The van der Waals surface area contributed by atoms with E-state index in [1.807, 2.05) is 20.8 Å². The van der Waals surface area contributed by atoms with Gasteiger partial charge in [-0.1, -0.05) is 0 Å². The molecule has 1 rings (SSSR count). The summed E-state index contributed by atoms with van der Waals surface area (Å²) in [6, 6.07) is 0. The topological polar surface area (TPSA) is 84.9 Å². The third-order valence-electron chi connectivity index (χ3n) is 3.31. The SMILES string of the molecule is CC(C)(C)OC(=O)NC[C@H]1C[C@H](C(=O)OC(C)(C)C)C[C@H]1O. The first kappa shape index (κ1) is 18.7. The molecule has 1 fully saturated rings. The minimum Gasteiger partial charge on any atom is -0.460 e. The summed E-state index contributed by atoms with van der Waals surface area (Å²) < 4.78 is 10.5. The summed E-state index contributed by atoms with van der Waals surface area (Å²) in [4.78, 5) is 23.7. The lowest BCUT2D eigenvalue weighted by Crippen LogP contribution is -2.36. The van der Waals surface area contributed by atoms with E-state index < -0.39 is 23.4 Å². The first-order valence-electron chi connectivity index (χ1n) is 7.75. The van der Waals surface area contributed by atoms with Crippen LogP contribution in [-0.2, 0) is 14.3 Å². The van der Waals surface area contributed by atoms with Gasteiger partial charge in [0.2, 0.25) is 0 Å². The van der Waals surface area contributed by atoms with E-state index >= 15 is 0 Å². The van der Waals surface area contributed by atoms with Crippen LogP contribution in [0, 0.1) is 11.8 Å². The smallest absolute Gasteiger partial charge is 0.407 e. The molecule has 1 saturated carbocycles. The van der Waals surface area contributed by atoms with Crippen LogP contribution in [0.25, 0.3) is 0 Å². The summed E-state index contributed by atoms with van der Waals surface area (Å²) in [5, 5.41) is 12.7. The van der Waals surface area contributed by atoms with Crippen molar-refractivity contribution in [3.8, 4) is 0 Å². The van der Waals surface area contributed by atoms with Gasteiger partial charge in [0.1, 0.15) is 11.2 Å². The van der Waals surface area contributed by atoms with Crippen molar-refractivity contribution in [1.29, 1.82) is 0 Å². The van der Waals surface area contributed by atoms with Crippen molar-refractivity contribution in [2.24, 2.45) is 11.8 Å². The molecule has 0 unspecified atom stereocenters. The number of hydrogen-bond donors (Lipinski definition) is 2. The Kier molecular flexibility index (Phi) is 5.84. The molecule has 0 bridgehead atoms. The second kappa shape index (κ2) is 6.86. The monoisotopic (exact) mass is 315 g/mol. The molecular weight excluding hydrogens is 286 g/mol. The number of hydrogen-bond acceptors (Lipinski definition) is 5. The Morgan fingerprint density at radius 3 is 2.09 bits per heavy atom. The average Bonchev–Trinajstić information content (AvgIpc) is 2.63. The zero-order valence-electron chi connectivity index (χ0n) is 14.4. The largest absolute Gasteiger partial charge is 0.460 e. The summed E-state index contributed by atoms with van der Waals surface area (Å²) in [6.45, 7) is 11.1. The van der Waals surface area contributed by atoms with Crippen LogP contribution in [0.3, 0.4) is 0 Å². The molecule has 128 valence electrons. The number of rotatable bonds is 3. The molecule has 1 aliphatic carbocycles. The van der Waals surface area contributed by atoms with E-state index in [0.717, 1.165) is 0 Å². The highest BCUT2D eigenvalue weighted by Crippen LogP contribution is 2.32. The molecule has 0 heterocycles. The number of amides is 1. The van der Waals surface area contributed by atoms with Gasteiger partial charge in [-0.2, -0.15) is 0 Å². The predicted molar refractivity (Wildman–Crippen MR) is 82.3 cm³/mol. The van der Waals surface area contributed by atoms with E-state index in [2.05, 4.69) is 5.32 Å². The number of ether oxygens (including phenoxy) is 2. The van der Waals surface area contributed by atoms with Crippen LogP contribution in [0.1, 0.15) is 54.4 Å². The Hall–Kier alpha value is -1.30. The van der Waals surface area contributed by atoms with Gasteiger partial charge >= 0.3 is 12.1 Å². The number of carbonyl (C=O) groups excluding carboxylic acids is 2. The minimum absolute atomic E-state index is 0.162. The maximum absolute atomic E-state index is 12.0. The van der Waals surface area contributed by atoms with Crippen molar-refractivity contribution >= 4 is 12.1 Å². The molecule has 1 aliphatic rings. The Morgan fingerprint density at radius 1 is 1.05 bits per heavy atom.